The Morgan fingerprint density at radius 1 is 0.900 bits per heavy atom. The van der Waals surface area contributed by atoms with Crippen LogP contribution in [-0.2, 0) is 0 Å². The molecule has 0 saturated carbocycles. The lowest BCUT2D eigenvalue weighted by atomic mass is 9.83. The lowest BCUT2D eigenvalue weighted by Gasteiger charge is -2.16. The highest BCUT2D eigenvalue weighted by Gasteiger charge is 2.36. The number of benzene rings is 2. The molecule has 0 spiro atoms. The standard InChI is InChI=1S/C14H5Cl2N2O2/c15-9-4-7-8(5-10(9)16)14(20)12-6(13(7)19)2-1-3-11(12)18-17/h1-5H/q+1. The molecule has 0 heterocycles. The van der Waals surface area contributed by atoms with E-state index in [9.17, 15) is 9.59 Å². The van der Waals surface area contributed by atoms with Gasteiger partial charge in [-0.3, -0.25) is 9.59 Å². The first kappa shape index (κ1) is 12.8. The molecule has 0 fully saturated rings. The molecule has 96 valence electrons. The molecule has 2 aromatic rings. The summed E-state index contributed by atoms with van der Waals surface area (Å²) in [5.74, 6) is -0.764. The Balaban J connectivity index is 2.37. The number of diazo groups is 1. The van der Waals surface area contributed by atoms with E-state index in [-0.39, 0.29) is 43.8 Å². The third-order valence-corrected chi connectivity index (χ3v) is 3.89. The summed E-state index contributed by atoms with van der Waals surface area (Å²) in [5, 5.41) is 9.35. The number of hydrogen-bond donors (Lipinski definition) is 0. The monoisotopic (exact) mass is 303 g/mol. The maximum Gasteiger partial charge on any atom is 0.396 e. The summed E-state index contributed by atoms with van der Waals surface area (Å²) in [7, 11) is 0. The van der Waals surface area contributed by atoms with Gasteiger partial charge in [0.05, 0.1) is 10.0 Å². The number of fused-ring (bicyclic) bond motifs is 2. The minimum atomic E-state index is -0.415. The van der Waals surface area contributed by atoms with Crippen molar-refractivity contribution >= 4 is 40.5 Å². The zero-order chi connectivity index (χ0) is 14.4. The average molecular weight is 304 g/mol. The van der Waals surface area contributed by atoms with Gasteiger partial charge in [0.1, 0.15) is 5.56 Å². The topological polar surface area (TPSA) is 62.3 Å². The highest BCUT2D eigenvalue weighted by molar-refractivity contribution is 6.43. The number of nitrogens with zero attached hydrogens (tertiary/aromatic N) is 2. The molecular weight excluding hydrogens is 299 g/mol. The number of halogens is 2. The van der Waals surface area contributed by atoms with Crippen LogP contribution in [0.2, 0.25) is 10.0 Å². The van der Waals surface area contributed by atoms with E-state index in [1.807, 2.05) is 0 Å². The van der Waals surface area contributed by atoms with Gasteiger partial charge in [0.25, 0.3) is 0 Å². The van der Waals surface area contributed by atoms with Gasteiger partial charge in [-0.05, 0) is 18.2 Å². The van der Waals surface area contributed by atoms with E-state index in [0.29, 0.717) is 0 Å². The van der Waals surface area contributed by atoms with Crippen LogP contribution in [0.4, 0.5) is 5.69 Å². The molecule has 0 N–H and O–H groups in total. The lowest BCUT2D eigenvalue weighted by molar-refractivity contribution is 0.0980. The lowest BCUT2D eigenvalue weighted by Crippen LogP contribution is -2.21. The highest BCUT2D eigenvalue weighted by atomic mass is 35.5. The fourth-order valence-electron chi connectivity index (χ4n) is 2.25. The summed E-state index contributed by atoms with van der Waals surface area (Å²) in [5.41, 5.74) is 0.680. The van der Waals surface area contributed by atoms with Gasteiger partial charge in [-0.2, -0.15) is 0 Å². The fourth-order valence-corrected chi connectivity index (χ4v) is 2.58. The summed E-state index contributed by atoms with van der Waals surface area (Å²) in [6.45, 7) is 0. The molecule has 0 bridgehead atoms. The number of hydrogen-bond acceptors (Lipinski definition) is 3. The van der Waals surface area contributed by atoms with Gasteiger partial charge >= 0.3 is 5.69 Å². The first-order chi connectivity index (χ1) is 9.54. The Kier molecular flexibility index (Phi) is 2.82. The molecule has 0 unspecified atom stereocenters. The van der Waals surface area contributed by atoms with Gasteiger partial charge in [-0.15, -0.1) is 0 Å². The van der Waals surface area contributed by atoms with Crippen molar-refractivity contribution in [1.82, 2.24) is 0 Å². The first-order valence-corrected chi connectivity index (χ1v) is 6.36. The van der Waals surface area contributed by atoms with Crippen molar-refractivity contribution in [3.8, 4) is 0 Å². The molecule has 0 saturated heterocycles. The van der Waals surface area contributed by atoms with Gasteiger partial charge in [-0.1, -0.05) is 29.3 Å². The summed E-state index contributed by atoms with van der Waals surface area (Å²) in [6, 6.07) is 7.24. The van der Waals surface area contributed by atoms with Crippen molar-refractivity contribution in [2.75, 3.05) is 0 Å². The number of rotatable bonds is 0. The molecule has 1 aliphatic rings. The number of carbonyl (C=O) groups excluding carboxylic acids is 2. The molecular formula is C14H5Cl2N2O2+. The van der Waals surface area contributed by atoms with Gasteiger partial charge < -0.3 is 0 Å². The molecule has 0 amide bonds. The number of ketones is 2. The third-order valence-electron chi connectivity index (χ3n) is 3.17. The SMILES string of the molecule is N#[N+]c1cccc2c1C(=O)c1cc(Cl)c(Cl)cc1C2=O. The van der Waals surface area contributed by atoms with Crippen LogP contribution in [0.15, 0.2) is 30.3 Å². The first-order valence-electron chi connectivity index (χ1n) is 5.61. The predicted octanol–water partition coefficient (Wildman–Crippen LogP) is 4.25. The second-order valence-corrected chi connectivity index (χ2v) is 5.08. The molecule has 3 rings (SSSR count). The largest absolute Gasteiger partial charge is 0.396 e. The van der Waals surface area contributed by atoms with E-state index < -0.39 is 5.78 Å². The van der Waals surface area contributed by atoms with Crippen molar-refractivity contribution in [2.24, 2.45) is 0 Å². The Morgan fingerprint density at radius 3 is 2.10 bits per heavy atom. The number of carbonyl (C=O) groups is 2. The van der Waals surface area contributed by atoms with Gasteiger partial charge in [0.15, 0.2) is 10.8 Å². The Morgan fingerprint density at radius 2 is 1.50 bits per heavy atom. The van der Waals surface area contributed by atoms with E-state index in [2.05, 4.69) is 4.98 Å². The van der Waals surface area contributed by atoms with Crippen LogP contribution in [0.25, 0.3) is 4.98 Å². The van der Waals surface area contributed by atoms with Crippen molar-refractivity contribution in [2.45, 2.75) is 0 Å². The minimum absolute atomic E-state index is 0.0533. The molecule has 0 aromatic heterocycles. The molecule has 2 aromatic carbocycles. The molecule has 20 heavy (non-hydrogen) atoms. The van der Waals surface area contributed by atoms with E-state index in [1.54, 1.807) is 6.07 Å². The van der Waals surface area contributed by atoms with Gasteiger partial charge in [0, 0.05) is 22.8 Å². The maximum atomic E-state index is 12.5. The second kappa shape index (κ2) is 4.41. The van der Waals surface area contributed by atoms with Crippen molar-refractivity contribution in [3.05, 3.63) is 67.6 Å². The van der Waals surface area contributed by atoms with Crippen LogP contribution in [0.5, 0.6) is 0 Å². The molecule has 0 aliphatic heterocycles. The van der Waals surface area contributed by atoms with Crippen molar-refractivity contribution in [1.29, 1.82) is 5.39 Å². The summed E-state index contributed by atoms with van der Waals surface area (Å²) in [4.78, 5) is 27.9. The molecule has 6 heteroatoms. The van der Waals surface area contributed by atoms with Crippen molar-refractivity contribution < 1.29 is 9.59 Å². The van der Waals surface area contributed by atoms with E-state index in [4.69, 9.17) is 28.6 Å². The Bertz CT molecular complexity index is 838. The zero-order valence-electron chi connectivity index (χ0n) is 9.85. The van der Waals surface area contributed by atoms with E-state index >= 15 is 0 Å². The molecule has 4 nitrogen and oxygen atoms in total. The quantitative estimate of drug-likeness (QED) is 0.583. The van der Waals surface area contributed by atoms with Crippen LogP contribution in [0.1, 0.15) is 31.8 Å². The molecule has 1 aliphatic carbocycles. The van der Waals surface area contributed by atoms with Crippen LogP contribution in [0.3, 0.4) is 0 Å². The van der Waals surface area contributed by atoms with Gasteiger partial charge in [0.2, 0.25) is 11.2 Å². The molecule has 0 atom stereocenters. The Labute approximate surface area is 123 Å². The van der Waals surface area contributed by atoms with E-state index in [0.717, 1.165) is 0 Å². The highest BCUT2D eigenvalue weighted by Crippen LogP contribution is 2.36. The zero-order valence-corrected chi connectivity index (χ0v) is 11.4. The second-order valence-electron chi connectivity index (χ2n) is 4.27. The molecule has 0 radical (unpaired) electrons. The van der Waals surface area contributed by atoms with E-state index in [1.165, 1.54) is 24.3 Å². The van der Waals surface area contributed by atoms with Crippen molar-refractivity contribution in [3.63, 3.8) is 0 Å². The minimum Gasteiger partial charge on any atom is -0.289 e. The maximum absolute atomic E-state index is 12.5. The smallest absolute Gasteiger partial charge is 0.289 e. The summed E-state index contributed by atoms with van der Waals surface area (Å²) < 4.78 is 0. The van der Waals surface area contributed by atoms with Crippen LogP contribution < -0.4 is 0 Å². The summed E-state index contributed by atoms with van der Waals surface area (Å²) in [6.07, 6.45) is 0. The van der Waals surface area contributed by atoms with Crippen LogP contribution in [-0.4, -0.2) is 11.6 Å². The Hall–Kier alpha value is -2.22. The fraction of sp³-hybridized carbons (Fsp3) is 0. The summed E-state index contributed by atoms with van der Waals surface area (Å²) >= 11 is 11.8. The van der Waals surface area contributed by atoms with Crippen LogP contribution >= 0.6 is 23.2 Å². The van der Waals surface area contributed by atoms with Gasteiger partial charge in [-0.25, -0.2) is 0 Å². The average Bonchev–Trinajstić information content (AvgIpc) is 2.46. The van der Waals surface area contributed by atoms with Crippen LogP contribution in [0, 0.1) is 5.39 Å². The normalized spacial score (nSPS) is 12.7. The third kappa shape index (κ3) is 1.64. The predicted molar refractivity (Wildman–Crippen MR) is 74.5 cm³/mol.